The van der Waals surface area contributed by atoms with Crippen molar-refractivity contribution >= 4 is 82.8 Å². The topological polar surface area (TPSA) is 525 Å². The van der Waals surface area contributed by atoms with Crippen LogP contribution in [0.15, 0.2) is 114 Å². The maximum Gasteiger partial charge on any atom is 0.305 e. The molecule has 0 aliphatic carbocycles. The van der Waals surface area contributed by atoms with Gasteiger partial charge in [-0.3, -0.25) is 67.3 Å². The molecule has 4 aromatic carbocycles. The largest absolute Gasteiger partial charge is 0.508 e. The molecular formula is C72H96N16O17. The number of nitrogens with zero attached hydrogens (tertiary/aromatic N) is 4. The molecule has 3 fully saturated rings. The van der Waals surface area contributed by atoms with Gasteiger partial charge in [-0.15, -0.1) is 0 Å². The zero-order valence-corrected chi connectivity index (χ0v) is 58.8. The van der Waals surface area contributed by atoms with Gasteiger partial charge in [0.15, 0.2) is 5.96 Å². The number of aliphatic imine (C=N–C) groups is 1. The summed E-state index contributed by atoms with van der Waals surface area (Å²) in [5, 5.41) is 60.6. The summed E-state index contributed by atoms with van der Waals surface area (Å²) in [6, 6.07) is 14.2. The van der Waals surface area contributed by atoms with Crippen molar-refractivity contribution in [2.45, 2.75) is 170 Å². The van der Waals surface area contributed by atoms with Gasteiger partial charge >= 0.3 is 5.97 Å². The van der Waals surface area contributed by atoms with Crippen LogP contribution in [0.25, 0.3) is 11.1 Å². The number of benzene rings is 4. The number of hydrogen-bond acceptors (Lipinski definition) is 18. The SMILES string of the molecule is CC(C)[C@H](NC(=O)[C@H](CO)NC(=O)[C@H](CC(=O)O)NC(=O)[C@@H]1CCCN1C(=O)[C@H](Cc1ccc(-c2ccccc2)cc1)NC(=O)[C@H](C)NC(=O)[C@H](CO)NC(=O)[C@@H](N)Cc1ccc(O)cc1)C(=O)N1CCC[C@H]1C(=O)N[C@@H](Cc1ccccc1)C(=O)N[C@@H](CCCN=C(N)N)C(=O)N1CCC[C@H]1C(N)=O. The predicted octanol–water partition coefficient (Wildman–Crippen LogP) is -3.06. The van der Waals surface area contributed by atoms with E-state index in [-0.39, 0.29) is 89.3 Å². The fourth-order valence-corrected chi connectivity index (χ4v) is 12.8. The van der Waals surface area contributed by atoms with E-state index in [1.807, 2.05) is 30.3 Å². The van der Waals surface area contributed by atoms with Crippen LogP contribution in [0.3, 0.4) is 0 Å². The molecule has 0 saturated carbocycles. The number of aliphatic carboxylic acids is 1. The summed E-state index contributed by atoms with van der Waals surface area (Å²) in [4.78, 5) is 188. The van der Waals surface area contributed by atoms with Gasteiger partial charge in [-0.2, -0.15) is 0 Å². The number of carboxylic acid groups (broad SMARTS) is 1. The summed E-state index contributed by atoms with van der Waals surface area (Å²) in [5.74, 6) is -12.9. The number of aliphatic hydroxyl groups is 2. The van der Waals surface area contributed by atoms with Crippen molar-refractivity contribution in [3.05, 3.63) is 126 Å². The number of carbonyl (C=O) groups is 13. The first kappa shape index (κ1) is 81.2. The van der Waals surface area contributed by atoms with Crippen LogP contribution in [0.2, 0.25) is 0 Å². The van der Waals surface area contributed by atoms with E-state index in [4.69, 9.17) is 22.9 Å². The third-order valence-corrected chi connectivity index (χ3v) is 18.5. The van der Waals surface area contributed by atoms with E-state index in [9.17, 15) is 82.8 Å². The Bertz CT molecular complexity index is 3750. The number of nitrogens with two attached hydrogens (primary N) is 4. The average molecular weight is 1460 g/mol. The molecule has 12 amide bonds. The number of hydrogen-bond donors (Lipinski definition) is 16. The van der Waals surface area contributed by atoms with Gasteiger partial charge in [0.05, 0.1) is 25.7 Å². The highest BCUT2D eigenvalue weighted by Gasteiger charge is 2.44. The number of aromatic hydroxyl groups is 1. The summed E-state index contributed by atoms with van der Waals surface area (Å²) in [6.45, 7) is 2.72. The monoisotopic (exact) mass is 1460 g/mol. The normalized spacial score (nSPS) is 18.1. The van der Waals surface area contributed by atoms with Gasteiger partial charge in [0.1, 0.15) is 72.2 Å². The summed E-state index contributed by atoms with van der Waals surface area (Å²) in [7, 11) is 0. The lowest BCUT2D eigenvalue weighted by Crippen LogP contribution is -2.62. The maximum atomic E-state index is 14.9. The minimum atomic E-state index is -1.94. The molecule has 33 nitrogen and oxygen atoms in total. The van der Waals surface area contributed by atoms with Crippen LogP contribution in [0, 0.1) is 5.92 Å². The van der Waals surface area contributed by atoms with Crippen LogP contribution >= 0.6 is 0 Å². The minimum Gasteiger partial charge on any atom is -0.508 e. The third-order valence-electron chi connectivity index (χ3n) is 18.5. The van der Waals surface area contributed by atoms with E-state index in [1.165, 1.54) is 28.9 Å². The van der Waals surface area contributed by atoms with Gasteiger partial charge in [0.2, 0.25) is 70.9 Å². The molecule has 7 rings (SSSR count). The highest BCUT2D eigenvalue weighted by molar-refractivity contribution is 6.00. The van der Waals surface area contributed by atoms with E-state index in [0.29, 0.717) is 36.0 Å². The van der Waals surface area contributed by atoms with Crippen LogP contribution in [0.1, 0.15) is 95.2 Å². The molecule has 0 aromatic heterocycles. The molecule has 3 aliphatic rings. The van der Waals surface area contributed by atoms with Gasteiger partial charge < -0.3 is 101 Å². The Kier molecular flexibility index (Phi) is 30.2. The van der Waals surface area contributed by atoms with E-state index in [0.717, 1.165) is 16.0 Å². The van der Waals surface area contributed by atoms with Gasteiger partial charge in [0, 0.05) is 39.0 Å². The molecule has 12 atom stereocenters. The number of carbonyl (C=O) groups excluding carboxylic acids is 12. The van der Waals surface area contributed by atoms with Gasteiger partial charge in [0.25, 0.3) is 0 Å². The van der Waals surface area contributed by atoms with E-state index in [2.05, 4.69) is 47.5 Å². The Balaban J connectivity index is 1.02. The highest BCUT2D eigenvalue weighted by atomic mass is 16.4. The Labute approximate surface area is 606 Å². The minimum absolute atomic E-state index is 0.00555. The molecule has 3 aliphatic heterocycles. The summed E-state index contributed by atoms with van der Waals surface area (Å²) < 4.78 is 0. The molecule has 33 heteroatoms. The van der Waals surface area contributed by atoms with Gasteiger partial charge in [-0.05, 0) is 111 Å². The number of nitrogens with one attached hydrogen (secondary N) is 8. The zero-order chi connectivity index (χ0) is 76.6. The Hall–Kier alpha value is -11.1. The molecule has 0 unspecified atom stereocenters. The van der Waals surface area contributed by atoms with Crippen molar-refractivity contribution in [1.82, 2.24) is 57.2 Å². The van der Waals surface area contributed by atoms with E-state index >= 15 is 0 Å². The third kappa shape index (κ3) is 23.2. The van der Waals surface area contributed by atoms with Crippen molar-refractivity contribution in [3.8, 4) is 16.9 Å². The molecular weight excluding hydrogens is 1360 g/mol. The van der Waals surface area contributed by atoms with Crippen molar-refractivity contribution in [1.29, 1.82) is 0 Å². The lowest BCUT2D eigenvalue weighted by atomic mass is 9.99. The smallest absolute Gasteiger partial charge is 0.305 e. The zero-order valence-electron chi connectivity index (χ0n) is 58.8. The predicted molar refractivity (Wildman–Crippen MR) is 381 cm³/mol. The number of carboxylic acids is 1. The van der Waals surface area contributed by atoms with Crippen molar-refractivity contribution < 1.29 is 82.8 Å². The standard InChI is InChI=1S/C72H96N16O17/c1-40(2)59(71(105)88-33-13-21-57(88)68(102)80-50(35-42-14-6-4-7-15-42)63(97)79-49(18-10-30-77-72(75)76)69(103)86-31-11-19-55(86)60(74)94)85-66(100)54(39-90)84-64(98)51(37-58(92)93)81-67(101)56-20-12-32-87(56)70(104)52(36-44-22-26-46(27-23-44)45-16-8-5-9-17-45)82-61(95)41(3)78-65(99)53(38-89)83-62(96)48(73)34-43-24-28-47(91)29-25-43/h4-9,14-17,22-29,40-41,48-57,59,89-91H,10-13,18-21,30-39,73H2,1-3H3,(H2,74,94)(H,78,99)(H,79,97)(H,80,102)(H,81,101)(H,82,95)(H,83,96)(H,84,98)(H,85,100)(H,92,93)(H4,75,76,77)/t41-,48-,49-,50-,51-,52-,53-,54-,55-,56-,57-,59-/m0/s1. The number of phenols is 1. The number of likely N-dealkylation sites (tertiary alicyclic amines) is 3. The lowest BCUT2D eigenvalue weighted by Gasteiger charge is -2.32. The second kappa shape index (κ2) is 39.0. The number of primary amides is 1. The Morgan fingerprint density at radius 3 is 1.47 bits per heavy atom. The number of phenolic OH excluding ortho intramolecular Hbond substituents is 1. The second-order valence-corrected chi connectivity index (χ2v) is 26.6. The van der Waals surface area contributed by atoms with Crippen LogP contribution in [-0.4, -0.2) is 230 Å². The molecule has 105 heavy (non-hydrogen) atoms. The molecule has 3 saturated heterocycles. The van der Waals surface area contributed by atoms with Crippen LogP contribution in [-0.2, 0) is 81.6 Å². The van der Waals surface area contributed by atoms with Crippen molar-refractivity contribution in [2.24, 2.45) is 33.8 Å². The first-order valence-corrected chi connectivity index (χ1v) is 34.9. The van der Waals surface area contributed by atoms with Gasteiger partial charge in [-0.25, -0.2) is 0 Å². The highest BCUT2D eigenvalue weighted by Crippen LogP contribution is 2.26. The van der Waals surface area contributed by atoms with Crippen LogP contribution in [0.5, 0.6) is 5.75 Å². The fraction of sp³-hybridized carbons (Fsp3) is 0.472. The summed E-state index contributed by atoms with van der Waals surface area (Å²) in [6.07, 6.45) is 0.418. The average Bonchev–Trinajstić information content (AvgIpc) is 1.76. The first-order chi connectivity index (χ1) is 50.1. The fourth-order valence-electron chi connectivity index (χ4n) is 12.8. The number of aliphatic hydroxyl groups excluding tert-OH is 2. The molecule has 3 heterocycles. The second-order valence-electron chi connectivity index (χ2n) is 26.6. The molecule has 566 valence electrons. The molecule has 20 N–H and O–H groups in total. The first-order valence-electron chi connectivity index (χ1n) is 34.9. The molecule has 0 radical (unpaired) electrons. The molecule has 0 spiro atoms. The van der Waals surface area contributed by atoms with E-state index in [1.54, 1.807) is 80.6 Å². The number of rotatable bonds is 36. The Morgan fingerprint density at radius 2 is 0.914 bits per heavy atom. The quantitative estimate of drug-likeness (QED) is 0.0122. The lowest BCUT2D eigenvalue weighted by molar-refractivity contribution is -0.145. The number of guanidine groups is 1. The molecule has 4 aromatic rings. The van der Waals surface area contributed by atoms with E-state index < -0.39 is 175 Å². The number of amides is 12. The van der Waals surface area contributed by atoms with Crippen LogP contribution < -0.4 is 65.5 Å². The van der Waals surface area contributed by atoms with Gasteiger partial charge in [-0.1, -0.05) is 111 Å². The maximum absolute atomic E-state index is 14.9. The molecule has 0 bridgehead atoms. The summed E-state index contributed by atoms with van der Waals surface area (Å²) >= 11 is 0. The van der Waals surface area contributed by atoms with Crippen LogP contribution in [0.4, 0.5) is 0 Å². The van der Waals surface area contributed by atoms with Crippen molar-refractivity contribution in [3.63, 3.8) is 0 Å². The van der Waals surface area contributed by atoms with Crippen molar-refractivity contribution in [2.75, 3.05) is 39.4 Å². The summed E-state index contributed by atoms with van der Waals surface area (Å²) in [5.41, 5.74) is 26.3. The Morgan fingerprint density at radius 1 is 0.476 bits per heavy atom.